The number of amides is 1. The predicted octanol–water partition coefficient (Wildman–Crippen LogP) is 3.94. The highest BCUT2D eigenvalue weighted by molar-refractivity contribution is 5.86. The van der Waals surface area contributed by atoms with Crippen LogP contribution in [0.3, 0.4) is 0 Å². The van der Waals surface area contributed by atoms with Gasteiger partial charge in [0, 0.05) is 11.6 Å². The maximum absolute atomic E-state index is 12.5. The summed E-state index contributed by atoms with van der Waals surface area (Å²) in [6.07, 6.45) is 0. The molecule has 4 rings (SSSR count). The van der Waals surface area contributed by atoms with Gasteiger partial charge in [-0.2, -0.15) is 5.10 Å². The van der Waals surface area contributed by atoms with Crippen LogP contribution in [0.15, 0.2) is 89.7 Å². The van der Waals surface area contributed by atoms with Crippen molar-refractivity contribution in [2.45, 2.75) is 19.5 Å². The monoisotopic (exact) mass is 383 g/mol. The van der Waals surface area contributed by atoms with E-state index in [1.165, 1.54) is 10.7 Å². The number of fused-ring (bicyclic) bond motifs is 1. The highest BCUT2D eigenvalue weighted by atomic mass is 16.2. The lowest BCUT2D eigenvalue weighted by atomic mass is 10.1. The molecule has 0 saturated carbocycles. The molecule has 5 heteroatoms. The Bertz CT molecular complexity index is 1220. The number of benzene rings is 3. The molecule has 1 unspecified atom stereocenters. The fourth-order valence-electron chi connectivity index (χ4n) is 3.31. The summed E-state index contributed by atoms with van der Waals surface area (Å²) in [6.45, 7) is 1.78. The van der Waals surface area contributed by atoms with Crippen molar-refractivity contribution in [3.63, 3.8) is 0 Å². The molecule has 1 amide bonds. The average molecular weight is 383 g/mol. The second-order valence-corrected chi connectivity index (χ2v) is 6.98. The Morgan fingerprint density at radius 3 is 2.45 bits per heavy atom. The lowest BCUT2D eigenvalue weighted by Crippen LogP contribution is -2.34. The van der Waals surface area contributed by atoms with E-state index in [0.717, 1.165) is 21.9 Å². The van der Waals surface area contributed by atoms with Gasteiger partial charge in [0.25, 0.3) is 5.56 Å². The van der Waals surface area contributed by atoms with E-state index in [-0.39, 0.29) is 24.1 Å². The topological polar surface area (TPSA) is 64.0 Å². The Balaban J connectivity index is 1.55. The molecule has 3 aromatic carbocycles. The molecule has 0 aliphatic heterocycles. The summed E-state index contributed by atoms with van der Waals surface area (Å²) in [4.78, 5) is 24.7. The summed E-state index contributed by atoms with van der Waals surface area (Å²) in [5.41, 5.74) is 2.25. The minimum atomic E-state index is -0.308. The number of nitrogens with zero attached hydrogens (tertiary/aromatic N) is 2. The van der Waals surface area contributed by atoms with E-state index in [4.69, 9.17) is 0 Å². The quantitative estimate of drug-likeness (QED) is 0.568. The second kappa shape index (κ2) is 8.10. The molecule has 5 nitrogen and oxygen atoms in total. The highest BCUT2D eigenvalue weighted by Gasteiger charge is 2.12. The number of carbonyl (C=O) groups is 1. The molecule has 144 valence electrons. The van der Waals surface area contributed by atoms with Crippen LogP contribution in [-0.4, -0.2) is 15.7 Å². The lowest BCUT2D eigenvalue weighted by molar-refractivity contribution is -0.122. The first-order valence-electron chi connectivity index (χ1n) is 9.52. The maximum Gasteiger partial charge on any atom is 0.267 e. The first-order chi connectivity index (χ1) is 14.1. The summed E-state index contributed by atoms with van der Waals surface area (Å²) in [5, 5.41) is 9.56. The molecule has 1 aromatic heterocycles. The lowest BCUT2D eigenvalue weighted by Gasteiger charge is -2.15. The Kier molecular flexibility index (Phi) is 5.20. The number of hydrogen-bond donors (Lipinski definition) is 1. The Morgan fingerprint density at radius 2 is 1.66 bits per heavy atom. The summed E-state index contributed by atoms with van der Waals surface area (Å²) in [6, 6.07) is 26.8. The van der Waals surface area contributed by atoms with E-state index >= 15 is 0 Å². The molecule has 1 N–H and O–H groups in total. The van der Waals surface area contributed by atoms with Crippen molar-refractivity contribution in [1.82, 2.24) is 15.1 Å². The van der Waals surface area contributed by atoms with E-state index in [0.29, 0.717) is 5.69 Å². The van der Waals surface area contributed by atoms with Crippen LogP contribution < -0.4 is 10.9 Å². The standard InChI is InChI=1S/C24H21N3O2/c1-17(18-7-3-2-4-8-18)25-23(28)16-27-24(29)14-13-22(26-27)21-12-11-19-9-5-6-10-20(19)15-21/h2-15,17H,16H2,1H3,(H,25,28). The molecule has 0 fully saturated rings. The number of rotatable bonds is 5. The highest BCUT2D eigenvalue weighted by Crippen LogP contribution is 2.22. The smallest absolute Gasteiger partial charge is 0.267 e. The van der Waals surface area contributed by atoms with Gasteiger partial charge < -0.3 is 5.32 Å². The Morgan fingerprint density at radius 1 is 0.931 bits per heavy atom. The van der Waals surface area contributed by atoms with Crippen LogP contribution in [0.4, 0.5) is 0 Å². The molecule has 0 aliphatic carbocycles. The summed E-state index contributed by atoms with van der Waals surface area (Å²) in [7, 11) is 0. The summed E-state index contributed by atoms with van der Waals surface area (Å²) < 4.78 is 1.21. The van der Waals surface area contributed by atoms with Gasteiger partial charge in [0.15, 0.2) is 0 Å². The SMILES string of the molecule is CC(NC(=O)Cn1nc(-c2ccc3ccccc3c2)ccc1=O)c1ccccc1. The van der Waals surface area contributed by atoms with Gasteiger partial charge in [-0.1, -0.05) is 66.7 Å². The Hall–Kier alpha value is -3.73. The number of aromatic nitrogens is 2. The van der Waals surface area contributed by atoms with Crippen LogP contribution in [0.5, 0.6) is 0 Å². The first kappa shape index (κ1) is 18.6. The van der Waals surface area contributed by atoms with E-state index in [2.05, 4.69) is 10.4 Å². The van der Waals surface area contributed by atoms with Gasteiger partial charge in [0.05, 0.1) is 11.7 Å². The number of carbonyl (C=O) groups excluding carboxylic acids is 1. The van der Waals surface area contributed by atoms with Crippen LogP contribution in [0.1, 0.15) is 18.5 Å². The van der Waals surface area contributed by atoms with Crippen LogP contribution >= 0.6 is 0 Å². The van der Waals surface area contributed by atoms with Gasteiger partial charge in [-0.3, -0.25) is 9.59 Å². The number of nitrogens with one attached hydrogen (secondary N) is 1. The van der Waals surface area contributed by atoms with Crippen molar-refractivity contribution in [2.75, 3.05) is 0 Å². The van der Waals surface area contributed by atoms with Crippen molar-refractivity contribution in [3.05, 3.63) is 101 Å². The van der Waals surface area contributed by atoms with E-state index in [1.807, 2.05) is 79.7 Å². The van der Waals surface area contributed by atoms with E-state index < -0.39 is 0 Å². The van der Waals surface area contributed by atoms with Crippen LogP contribution in [0, 0.1) is 0 Å². The van der Waals surface area contributed by atoms with Crippen molar-refractivity contribution < 1.29 is 4.79 Å². The van der Waals surface area contributed by atoms with Gasteiger partial charge in [0.2, 0.25) is 5.91 Å². The maximum atomic E-state index is 12.5. The van der Waals surface area contributed by atoms with Crippen molar-refractivity contribution in [3.8, 4) is 11.3 Å². The summed E-state index contributed by atoms with van der Waals surface area (Å²) >= 11 is 0. The van der Waals surface area contributed by atoms with E-state index in [9.17, 15) is 9.59 Å². The number of hydrogen-bond acceptors (Lipinski definition) is 3. The molecule has 0 bridgehead atoms. The fourth-order valence-corrected chi connectivity index (χ4v) is 3.31. The summed E-state index contributed by atoms with van der Waals surface area (Å²) in [5.74, 6) is -0.258. The molecule has 0 radical (unpaired) electrons. The minimum Gasteiger partial charge on any atom is -0.348 e. The fraction of sp³-hybridized carbons (Fsp3) is 0.125. The molecule has 1 atom stereocenters. The van der Waals surface area contributed by atoms with Crippen LogP contribution in [0.25, 0.3) is 22.0 Å². The van der Waals surface area contributed by atoms with Crippen molar-refractivity contribution in [2.24, 2.45) is 0 Å². The zero-order valence-electron chi connectivity index (χ0n) is 16.1. The third-order valence-corrected chi connectivity index (χ3v) is 4.88. The zero-order valence-corrected chi connectivity index (χ0v) is 16.1. The molecular weight excluding hydrogens is 362 g/mol. The van der Waals surface area contributed by atoms with Crippen LogP contribution in [0.2, 0.25) is 0 Å². The largest absolute Gasteiger partial charge is 0.348 e. The van der Waals surface area contributed by atoms with E-state index in [1.54, 1.807) is 6.07 Å². The minimum absolute atomic E-state index is 0.128. The molecule has 0 aliphatic rings. The zero-order chi connectivity index (χ0) is 20.2. The second-order valence-electron chi connectivity index (χ2n) is 6.98. The predicted molar refractivity (Wildman–Crippen MR) is 114 cm³/mol. The van der Waals surface area contributed by atoms with Gasteiger partial charge in [-0.25, -0.2) is 4.68 Å². The van der Waals surface area contributed by atoms with Crippen molar-refractivity contribution >= 4 is 16.7 Å². The average Bonchev–Trinajstić information content (AvgIpc) is 2.75. The molecule has 1 heterocycles. The molecule has 0 saturated heterocycles. The molecule has 0 spiro atoms. The van der Waals surface area contributed by atoms with Crippen molar-refractivity contribution in [1.29, 1.82) is 0 Å². The third-order valence-electron chi connectivity index (χ3n) is 4.88. The van der Waals surface area contributed by atoms with Gasteiger partial charge in [-0.05, 0) is 35.4 Å². The first-order valence-corrected chi connectivity index (χ1v) is 9.52. The normalized spacial score (nSPS) is 11.9. The van der Waals surface area contributed by atoms with Gasteiger partial charge in [0.1, 0.15) is 6.54 Å². The van der Waals surface area contributed by atoms with Gasteiger partial charge >= 0.3 is 0 Å². The Labute approximate surface area is 168 Å². The molecule has 29 heavy (non-hydrogen) atoms. The third kappa shape index (κ3) is 4.24. The molecular formula is C24H21N3O2. The van der Waals surface area contributed by atoms with Gasteiger partial charge in [-0.15, -0.1) is 0 Å². The van der Waals surface area contributed by atoms with Crippen LogP contribution in [-0.2, 0) is 11.3 Å². The molecule has 4 aromatic rings.